The molecular formula is C25H33F3N7O7+. The first-order valence-electron chi connectivity index (χ1n) is 12.5. The van der Waals surface area contributed by atoms with Crippen LogP contribution in [0.25, 0.3) is 11.2 Å². The van der Waals surface area contributed by atoms with Crippen LogP contribution in [-0.2, 0) is 24.9 Å². The molecule has 0 unspecified atom stereocenters. The summed E-state index contributed by atoms with van der Waals surface area (Å²) in [6.07, 6.45) is -3.08. The Morgan fingerprint density at radius 3 is 2.26 bits per heavy atom. The third-order valence-electron chi connectivity index (χ3n) is 6.24. The number of allylic oxidation sites excluding steroid dienone is 2. The topological polar surface area (TPSA) is 200 Å². The molecule has 0 saturated carbocycles. The molecule has 2 aromatic heterocycles. The molecule has 7 N–H and O–H groups in total. The molecule has 0 atom stereocenters. The largest absolute Gasteiger partial charge is 0.490 e. The molecule has 1 fully saturated rings. The molecule has 0 radical (unpaired) electrons. The van der Waals surface area contributed by atoms with E-state index in [-0.39, 0.29) is 16.6 Å². The summed E-state index contributed by atoms with van der Waals surface area (Å²) >= 11 is 0. The van der Waals surface area contributed by atoms with E-state index in [9.17, 15) is 32.8 Å². The van der Waals surface area contributed by atoms with Gasteiger partial charge in [-0.3, -0.25) is 18.7 Å². The number of carbonyl (C=O) groups is 2. The van der Waals surface area contributed by atoms with Gasteiger partial charge in [0.2, 0.25) is 5.95 Å². The van der Waals surface area contributed by atoms with Crippen LogP contribution in [0.2, 0.25) is 0 Å². The molecule has 1 aliphatic rings. The van der Waals surface area contributed by atoms with Crippen LogP contribution in [0.1, 0.15) is 24.2 Å². The third kappa shape index (κ3) is 7.49. The lowest BCUT2D eigenvalue weighted by atomic mass is 10.1. The number of para-hydroxylation sites is 1. The van der Waals surface area contributed by atoms with Crippen molar-refractivity contribution in [1.82, 2.24) is 24.0 Å². The van der Waals surface area contributed by atoms with E-state index in [0.717, 1.165) is 41.8 Å². The van der Waals surface area contributed by atoms with Gasteiger partial charge in [0.25, 0.3) is 5.56 Å². The highest BCUT2D eigenvalue weighted by molar-refractivity contribution is 5.99. The van der Waals surface area contributed by atoms with Crippen LogP contribution in [0.15, 0.2) is 45.5 Å². The molecule has 3 aromatic rings. The summed E-state index contributed by atoms with van der Waals surface area (Å²) in [6, 6.07) is 6.50. The Bertz CT molecular complexity index is 1580. The summed E-state index contributed by atoms with van der Waals surface area (Å²) in [5, 5.41) is 19.9. The molecular weight excluding hydrogens is 567 g/mol. The number of nitrogens with zero attached hydrogens (tertiary/aromatic N) is 5. The van der Waals surface area contributed by atoms with E-state index in [4.69, 9.17) is 14.9 Å². The second-order valence-corrected chi connectivity index (χ2v) is 9.39. The van der Waals surface area contributed by atoms with Crippen LogP contribution in [-0.4, -0.2) is 78.6 Å². The van der Waals surface area contributed by atoms with Crippen LogP contribution in [0, 0.1) is 0 Å². The minimum atomic E-state index is -5.08. The number of aromatic nitrogens is 4. The summed E-state index contributed by atoms with van der Waals surface area (Å²) in [7, 11) is 1.56. The number of piperazine rings is 1. The van der Waals surface area contributed by atoms with Crippen molar-refractivity contribution in [2.24, 2.45) is 7.05 Å². The van der Waals surface area contributed by atoms with Crippen molar-refractivity contribution in [3.63, 3.8) is 0 Å². The van der Waals surface area contributed by atoms with Crippen LogP contribution in [0.4, 0.5) is 24.8 Å². The van der Waals surface area contributed by atoms with Gasteiger partial charge < -0.3 is 25.4 Å². The molecule has 14 nitrogen and oxygen atoms in total. The number of ketones is 1. The number of imidazole rings is 1. The summed E-state index contributed by atoms with van der Waals surface area (Å²) in [5.74, 6) is -2.57. The van der Waals surface area contributed by atoms with Crippen LogP contribution in [0.3, 0.4) is 0 Å². The second kappa shape index (κ2) is 14.0. The number of carboxylic acid groups (broad SMARTS) is 1. The zero-order valence-corrected chi connectivity index (χ0v) is 23.1. The number of halogens is 3. The fraction of sp³-hybridized carbons (Fsp3) is 0.400. The Labute approximate surface area is 236 Å². The molecule has 1 saturated heterocycles. The highest BCUT2D eigenvalue weighted by Crippen LogP contribution is 2.21. The average molecular weight is 601 g/mol. The zero-order chi connectivity index (χ0) is 30.5. The minimum absolute atomic E-state index is 0. The number of rotatable bonds is 7. The standard InChI is InChI=1S/C23H29N7O4.C2HF3O2.H2O/c1-15(2)8-11-29-19-20(25-22(29)28-12-9-24-10-13-28)27(3)23(33)30(21(19)32)14-18(31)16-6-4-5-7-17(16)26-34;3-2(4,5)1(6)7;/h4-8,24,26,34H,9-14H2,1-3H3;(H,6,7);1H2/p+1. The predicted molar refractivity (Wildman–Crippen MR) is 145 cm³/mol. The normalized spacial score (nSPS) is 13.2. The number of carboxylic acids is 1. The van der Waals surface area contributed by atoms with E-state index in [0.29, 0.717) is 23.8 Å². The number of fused-ring (bicyclic) bond motifs is 1. The van der Waals surface area contributed by atoms with Gasteiger partial charge in [0, 0.05) is 45.8 Å². The number of nitrogens with one attached hydrogen (secondary N) is 1. The Morgan fingerprint density at radius 2 is 1.71 bits per heavy atom. The number of aryl methyl sites for hydroxylation is 1. The monoisotopic (exact) mass is 600 g/mol. The summed E-state index contributed by atoms with van der Waals surface area (Å²) in [6.45, 7) is 6.98. The van der Waals surface area contributed by atoms with Crippen molar-refractivity contribution >= 4 is 34.6 Å². The third-order valence-corrected chi connectivity index (χ3v) is 6.24. The second-order valence-electron chi connectivity index (χ2n) is 9.39. The molecule has 17 heteroatoms. The van der Waals surface area contributed by atoms with Crippen molar-refractivity contribution in [3.8, 4) is 0 Å². The van der Waals surface area contributed by atoms with Gasteiger partial charge in [0.15, 0.2) is 22.6 Å². The molecule has 3 heterocycles. The van der Waals surface area contributed by atoms with E-state index in [1.807, 2.05) is 24.5 Å². The van der Waals surface area contributed by atoms with Gasteiger partial charge >= 0.3 is 17.8 Å². The van der Waals surface area contributed by atoms with E-state index >= 15 is 0 Å². The number of hydrogen-bond donors (Lipinski definition) is 4. The Morgan fingerprint density at radius 1 is 1.12 bits per heavy atom. The van der Waals surface area contributed by atoms with Crippen molar-refractivity contribution in [1.29, 1.82) is 0 Å². The quantitative estimate of drug-likeness (QED) is 0.120. The molecule has 0 bridgehead atoms. The molecule has 230 valence electrons. The van der Waals surface area contributed by atoms with Gasteiger partial charge in [0.1, 0.15) is 0 Å². The zero-order valence-electron chi connectivity index (χ0n) is 23.1. The van der Waals surface area contributed by atoms with Gasteiger partial charge in [-0.1, -0.05) is 23.8 Å². The first-order chi connectivity index (χ1) is 19.3. The number of nitrogens with two attached hydrogens (primary N) is 1. The van der Waals surface area contributed by atoms with Gasteiger partial charge in [-0.05, 0) is 19.9 Å². The fourth-order valence-corrected chi connectivity index (χ4v) is 4.14. The van der Waals surface area contributed by atoms with Gasteiger partial charge in [-0.25, -0.2) is 14.8 Å². The molecule has 1 aliphatic heterocycles. The lowest BCUT2D eigenvalue weighted by molar-refractivity contribution is -0.825. The van der Waals surface area contributed by atoms with E-state index in [1.54, 1.807) is 31.3 Å². The number of hydrogen-bond acceptors (Lipinski definition) is 8. The number of benzene rings is 1. The number of carbonyl (C=O) groups excluding carboxylic acids is 1. The minimum Gasteiger partial charge on any atom is -0.475 e. The van der Waals surface area contributed by atoms with Crippen LogP contribution in [0.5, 0.6) is 0 Å². The molecule has 1 aromatic carbocycles. The van der Waals surface area contributed by atoms with E-state index in [2.05, 4.69) is 10.2 Å². The lowest BCUT2D eigenvalue weighted by Gasteiger charge is -2.28. The summed E-state index contributed by atoms with van der Waals surface area (Å²) in [5.41, 5.74) is 1.88. The highest BCUT2D eigenvalue weighted by Gasteiger charge is 2.38. The average Bonchev–Trinajstić information content (AvgIpc) is 3.33. The molecule has 0 aliphatic carbocycles. The Kier molecular flexibility index (Phi) is 11.3. The Hall–Kier alpha value is -4.32. The Balaban J connectivity index is 0.000000687. The summed E-state index contributed by atoms with van der Waals surface area (Å²) < 4.78 is 35.8. The number of aliphatic carboxylic acids is 1. The summed E-state index contributed by atoms with van der Waals surface area (Å²) in [4.78, 5) is 55.4. The first kappa shape index (κ1) is 33.9. The smallest absolute Gasteiger partial charge is 0.475 e. The maximum atomic E-state index is 13.6. The van der Waals surface area contributed by atoms with Gasteiger partial charge in [0.05, 0.1) is 12.1 Å². The fourth-order valence-electron chi connectivity index (χ4n) is 4.14. The predicted octanol–water partition coefficient (Wildman–Crippen LogP) is -0.452. The molecule has 0 amide bonds. The SMILES string of the molecule is CC(C)=CCn1c(N2CCNCC2)nc2c1c(=O)n(CC(=O)c1ccccc1[NH2+]O)c(=O)n2C.O.O=C(O)C(F)(F)F. The number of quaternary nitrogens is 1. The van der Waals surface area contributed by atoms with Crippen LogP contribution >= 0.6 is 0 Å². The lowest BCUT2D eigenvalue weighted by Crippen LogP contribution is -2.74. The van der Waals surface area contributed by atoms with Gasteiger partial charge in [-0.15, -0.1) is 0 Å². The molecule has 4 rings (SSSR count). The van der Waals surface area contributed by atoms with Crippen molar-refractivity contribution in [3.05, 3.63) is 62.3 Å². The maximum Gasteiger partial charge on any atom is 0.490 e. The van der Waals surface area contributed by atoms with Crippen LogP contribution < -0.4 is 26.9 Å². The number of anilines is 1. The van der Waals surface area contributed by atoms with E-state index < -0.39 is 35.7 Å². The molecule has 42 heavy (non-hydrogen) atoms. The van der Waals surface area contributed by atoms with Gasteiger partial charge in [-0.2, -0.15) is 23.6 Å². The van der Waals surface area contributed by atoms with Crippen molar-refractivity contribution in [2.75, 3.05) is 31.1 Å². The number of alkyl halides is 3. The van der Waals surface area contributed by atoms with Crippen molar-refractivity contribution in [2.45, 2.75) is 33.1 Å². The van der Waals surface area contributed by atoms with E-state index in [1.165, 1.54) is 4.57 Å². The molecule has 0 spiro atoms. The highest BCUT2D eigenvalue weighted by atomic mass is 19.4. The number of Topliss-reactive ketones (excluding diaryl/α,β-unsaturated/α-hetero) is 1. The maximum absolute atomic E-state index is 13.6. The first-order valence-corrected chi connectivity index (χ1v) is 12.5. The van der Waals surface area contributed by atoms with Crippen molar-refractivity contribution < 1.29 is 44.0 Å².